The molecule has 1 aromatic carbocycles. The van der Waals surface area contributed by atoms with Gasteiger partial charge in [0.2, 0.25) is 0 Å². The van der Waals surface area contributed by atoms with Crippen molar-refractivity contribution >= 4 is 16.9 Å². The van der Waals surface area contributed by atoms with Crippen LogP contribution in [0.2, 0.25) is 0 Å². The van der Waals surface area contributed by atoms with E-state index in [-0.39, 0.29) is 34.9 Å². The van der Waals surface area contributed by atoms with Gasteiger partial charge in [0.05, 0.1) is 4.11 Å². The minimum absolute atomic E-state index is 0. The lowest BCUT2D eigenvalue weighted by Crippen LogP contribution is -2.32. The number of hydrogen-bond donors (Lipinski definition) is 4. The molecular formula is C11H14N2O4. The highest BCUT2D eigenvalue weighted by molar-refractivity contribution is 5.85. The Kier molecular flexibility index (Phi) is 2.58. The van der Waals surface area contributed by atoms with Gasteiger partial charge < -0.3 is 26.4 Å². The minimum atomic E-state index is -1.17. The van der Waals surface area contributed by atoms with Crippen molar-refractivity contribution in [3.63, 3.8) is 0 Å². The maximum absolute atomic E-state index is 10.7. The summed E-state index contributed by atoms with van der Waals surface area (Å²) in [5, 5.41) is 18.6. The van der Waals surface area contributed by atoms with Crippen molar-refractivity contribution in [2.75, 3.05) is 0 Å². The number of aromatic nitrogens is 1. The van der Waals surface area contributed by atoms with Gasteiger partial charge in [-0.3, -0.25) is 4.79 Å². The van der Waals surface area contributed by atoms with Crippen molar-refractivity contribution in [1.29, 1.82) is 0 Å². The van der Waals surface area contributed by atoms with Gasteiger partial charge in [-0.25, -0.2) is 0 Å². The van der Waals surface area contributed by atoms with Gasteiger partial charge in [0.25, 0.3) is 0 Å². The zero-order valence-electron chi connectivity index (χ0n) is 11.7. The quantitative estimate of drug-likeness (QED) is 0.602. The van der Waals surface area contributed by atoms with E-state index in [1.807, 2.05) is 0 Å². The summed E-state index contributed by atoms with van der Waals surface area (Å²) in [6, 6.07) is -2.11. The molecule has 7 N–H and O–H groups in total. The van der Waals surface area contributed by atoms with Crippen molar-refractivity contribution in [3.8, 4) is 5.75 Å². The lowest BCUT2D eigenvalue weighted by atomic mass is 10.1. The van der Waals surface area contributed by atoms with E-state index in [2.05, 4.69) is 4.98 Å². The van der Waals surface area contributed by atoms with Crippen LogP contribution < -0.4 is 5.73 Å². The monoisotopic (exact) mass is 241 g/mol. The fourth-order valence-corrected chi connectivity index (χ4v) is 1.46. The zero-order chi connectivity index (χ0) is 14.3. The lowest BCUT2D eigenvalue weighted by molar-refractivity contribution is -0.138. The Balaban J connectivity index is 0.00000200. The SMILES string of the molecule is O.[2H]c1c(O)c([2H])c2c(C[C@H](N)C(=O)O)c[nH]c2c1[2H]. The Labute approximate surface area is 101 Å². The number of carboxylic acid groups (broad SMARTS) is 1. The van der Waals surface area contributed by atoms with E-state index in [1.165, 1.54) is 6.20 Å². The first-order chi connectivity index (χ1) is 8.84. The topological polar surface area (TPSA) is 131 Å². The fourth-order valence-electron chi connectivity index (χ4n) is 1.46. The summed E-state index contributed by atoms with van der Waals surface area (Å²) >= 11 is 0. The van der Waals surface area contributed by atoms with Gasteiger partial charge >= 0.3 is 5.97 Å². The first-order valence-corrected chi connectivity index (χ1v) is 4.61. The van der Waals surface area contributed by atoms with E-state index in [0.717, 1.165) is 0 Å². The van der Waals surface area contributed by atoms with Crippen molar-refractivity contribution in [3.05, 3.63) is 29.9 Å². The Hall–Kier alpha value is -2.05. The number of benzene rings is 1. The third-order valence-corrected chi connectivity index (χ3v) is 2.27. The lowest BCUT2D eigenvalue weighted by Gasteiger charge is -2.04. The molecule has 0 amide bonds. The van der Waals surface area contributed by atoms with Gasteiger partial charge in [0.15, 0.2) is 0 Å². The van der Waals surface area contributed by atoms with Crippen LogP contribution in [0.3, 0.4) is 0 Å². The molecule has 0 spiro atoms. The molecule has 0 aliphatic heterocycles. The van der Waals surface area contributed by atoms with Crippen LogP contribution in [0.15, 0.2) is 24.3 Å². The summed E-state index contributed by atoms with van der Waals surface area (Å²) in [4.78, 5) is 13.5. The molecule has 6 nitrogen and oxygen atoms in total. The number of phenolic OH excluding ortho intramolecular Hbond substituents is 1. The Morgan fingerprint density at radius 3 is 2.94 bits per heavy atom. The fraction of sp³-hybridized carbons (Fsp3) is 0.182. The summed E-state index contributed by atoms with van der Waals surface area (Å²) in [6.45, 7) is 0. The van der Waals surface area contributed by atoms with E-state index in [0.29, 0.717) is 5.56 Å². The van der Waals surface area contributed by atoms with Crippen molar-refractivity contribution in [2.45, 2.75) is 12.5 Å². The molecule has 0 saturated heterocycles. The smallest absolute Gasteiger partial charge is 0.320 e. The molecule has 1 heterocycles. The van der Waals surface area contributed by atoms with Crippen molar-refractivity contribution < 1.29 is 24.6 Å². The number of nitrogens with one attached hydrogen (secondary N) is 1. The molecule has 0 aliphatic carbocycles. The number of phenols is 1. The molecule has 0 radical (unpaired) electrons. The molecular weight excluding hydrogens is 224 g/mol. The number of aromatic amines is 1. The van der Waals surface area contributed by atoms with Crippen LogP contribution in [-0.4, -0.2) is 32.7 Å². The molecule has 2 aromatic rings. The molecule has 1 aromatic heterocycles. The maximum atomic E-state index is 10.7. The molecule has 0 aliphatic rings. The predicted octanol–water partition coefficient (Wildman–Crippen LogP) is 0.00320. The van der Waals surface area contributed by atoms with Crippen LogP contribution in [0.4, 0.5) is 0 Å². The molecule has 0 fully saturated rings. The van der Waals surface area contributed by atoms with Crippen LogP contribution in [-0.2, 0) is 11.2 Å². The highest BCUT2D eigenvalue weighted by Gasteiger charge is 2.14. The standard InChI is InChI=1S/C11H12N2O3.H2O/c12-9(11(15)16)3-6-5-13-10-2-1-7(14)4-8(6)10;/h1-2,4-5,9,13-14H,3,12H2,(H,15,16);1H2/t9-;/m0./s1/i1D,2D,4D;. The first kappa shape index (κ1) is 9.03. The number of hydrogen-bond acceptors (Lipinski definition) is 3. The van der Waals surface area contributed by atoms with Gasteiger partial charge in [0.1, 0.15) is 11.8 Å². The Morgan fingerprint density at radius 2 is 2.29 bits per heavy atom. The van der Waals surface area contributed by atoms with E-state index >= 15 is 0 Å². The third kappa shape index (κ3) is 2.55. The first-order valence-electron chi connectivity index (χ1n) is 6.11. The Bertz CT molecular complexity index is 671. The molecule has 0 unspecified atom stereocenters. The van der Waals surface area contributed by atoms with Crippen LogP contribution in [0.25, 0.3) is 10.9 Å². The number of carbonyl (C=O) groups is 1. The molecule has 0 saturated carbocycles. The third-order valence-electron chi connectivity index (χ3n) is 2.27. The number of H-pyrrole nitrogens is 1. The van der Waals surface area contributed by atoms with E-state index in [1.54, 1.807) is 0 Å². The highest BCUT2D eigenvalue weighted by Crippen LogP contribution is 2.23. The molecule has 6 heteroatoms. The van der Waals surface area contributed by atoms with Crippen molar-refractivity contribution in [2.24, 2.45) is 5.73 Å². The predicted molar refractivity (Wildman–Crippen MR) is 62.9 cm³/mol. The van der Waals surface area contributed by atoms with Gasteiger partial charge in [-0.1, -0.05) is 0 Å². The van der Waals surface area contributed by atoms with Crippen molar-refractivity contribution in [1.82, 2.24) is 4.98 Å². The van der Waals surface area contributed by atoms with Gasteiger partial charge in [0, 0.05) is 23.5 Å². The largest absolute Gasteiger partial charge is 0.508 e. The molecule has 92 valence electrons. The normalized spacial score (nSPS) is 14.5. The highest BCUT2D eigenvalue weighted by atomic mass is 16.4. The number of nitrogens with two attached hydrogens (primary N) is 1. The van der Waals surface area contributed by atoms with E-state index < -0.39 is 23.8 Å². The second kappa shape index (κ2) is 4.86. The summed E-state index contributed by atoms with van der Waals surface area (Å²) < 4.78 is 23.0. The second-order valence-electron chi connectivity index (χ2n) is 3.44. The number of fused-ring (bicyclic) bond motifs is 1. The maximum Gasteiger partial charge on any atom is 0.320 e. The second-order valence-corrected chi connectivity index (χ2v) is 3.44. The van der Waals surface area contributed by atoms with Gasteiger partial charge in [-0.15, -0.1) is 0 Å². The van der Waals surface area contributed by atoms with Crippen LogP contribution >= 0.6 is 0 Å². The summed E-state index contributed by atoms with van der Waals surface area (Å²) in [5.74, 6) is -1.77. The molecule has 2 rings (SSSR count). The minimum Gasteiger partial charge on any atom is -0.508 e. The Morgan fingerprint density at radius 1 is 1.59 bits per heavy atom. The molecule has 1 atom stereocenters. The summed E-state index contributed by atoms with van der Waals surface area (Å²) in [5.41, 5.74) is 6.09. The number of carboxylic acids is 1. The van der Waals surface area contributed by atoms with Gasteiger partial charge in [-0.2, -0.15) is 0 Å². The van der Waals surface area contributed by atoms with E-state index in [9.17, 15) is 9.90 Å². The van der Waals surface area contributed by atoms with Crippen LogP contribution in [0.1, 0.15) is 9.68 Å². The molecule has 0 bridgehead atoms. The average Bonchev–Trinajstić information content (AvgIpc) is 2.77. The molecule has 17 heavy (non-hydrogen) atoms. The zero-order valence-corrected chi connectivity index (χ0v) is 8.74. The number of aliphatic carboxylic acids is 1. The van der Waals surface area contributed by atoms with Gasteiger partial charge in [-0.05, 0) is 23.7 Å². The average molecular weight is 241 g/mol. The number of aromatic hydroxyl groups is 1. The van der Waals surface area contributed by atoms with Crippen LogP contribution in [0, 0.1) is 0 Å². The van der Waals surface area contributed by atoms with E-state index in [4.69, 9.17) is 15.0 Å². The summed E-state index contributed by atoms with van der Waals surface area (Å²) in [6.07, 6.45) is 1.42. The van der Waals surface area contributed by atoms with Crippen LogP contribution in [0.5, 0.6) is 5.75 Å². The number of rotatable bonds is 3. The summed E-state index contributed by atoms with van der Waals surface area (Å²) in [7, 11) is 0.